The Balaban J connectivity index is 1.70. The van der Waals surface area contributed by atoms with Crippen LogP contribution in [0.5, 0.6) is 5.75 Å². The SMILES string of the molecule is CCc1cc(=O)oc2c3c(ccc12)OCN(Cc1ccc(C)cc1)C3. The van der Waals surface area contributed by atoms with Crippen molar-refractivity contribution in [3.63, 3.8) is 0 Å². The van der Waals surface area contributed by atoms with Gasteiger partial charge in [0.15, 0.2) is 0 Å². The summed E-state index contributed by atoms with van der Waals surface area (Å²) in [7, 11) is 0. The van der Waals surface area contributed by atoms with E-state index in [9.17, 15) is 4.79 Å². The highest BCUT2D eigenvalue weighted by Gasteiger charge is 2.22. The Morgan fingerprint density at radius 2 is 1.92 bits per heavy atom. The predicted molar refractivity (Wildman–Crippen MR) is 97.8 cm³/mol. The molecule has 25 heavy (non-hydrogen) atoms. The van der Waals surface area contributed by atoms with Gasteiger partial charge in [-0.2, -0.15) is 0 Å². The van der Waals surface area contributed by atoms with Gasteiger partial charge in [0.25, 0.3) is 0 Å². The van der Waals surface area contributed by atoms with Crippen LogP contribution in [0.15, 0.2) is 51.7 Å². The van der Waals surface area contributed by atoms with E-state index in [0.717, 1.165) is 35.2 Å². The average molecular weight is 335 g/mol. The van der Waals surface area contributed by atoms with Crippen molar-refractivity contribution in [3.05, 3.63) is 75.1 Å². The van der Waals surface area contributed by atoms with E-state index in [4.69, 9.17) is 9.15 Å². The van der Waals surface area contributed by atoms with Crippen molar-refractivity contribution in [2.75, 3.05) is 6.73 Å². The Hall–Kier alpha value is -2.59. The molecule has 0 unspecified atom stereocenters. The molecule has 0 fully saturated rings. The molecule has 0 saturated heterocycles. The van der Waals surface area contributed by atoms with Crippen LogP contribution in [0, 0.1) is 6.92 Å². The maximum absolute atomic E-state index is 11.9. The number of hydrogen-bond donors (Lipinski definition) is 0. The third-order valence-electron chi connectivity index (χ3n) is 4.75. The molecule has 2 heterocycles. The van der Waals surface area contributed by atoms with Crippen molar-refractivity contribution < 1.29 is 9.15 Å². The van der Waals surface area contributed by atoms with Gasteiger partial charge in [0.1, 0.15) is 18.1 Å². The zero-order valence-electron chi connectivity index (χ0n) is 14.5. The van der Waals surface area contributed by atoms with E-state index in [1.165, 1.54) is 11.1 Å². The molecule has 1 aliphatic heterocycles. The molecule has 1 aromatic heterocycles. The van der Waals surface area contributed by atoms with Crippen molar-refractivity contribution in [2.45, 2.75) is 33.4 Å². The van der Waals surface area contributed by atoms with Crippen molar-refractivity contribution in [2.24, 2.45) is 0 Å². The number of benzene rings is 2. The lowest BCUT2D eigenvalue weighted by molar-refractivity contribution is 0.0889. The molecule has 0 radical (unpaired) electrons. The molecule has 4 nitrogen and oxygen atoms in total. The third kappa shape index (κ3) is 3.05. The molecule has 4 rings (SSSR count). The molecule has 0 bridgehead atoms. The molecule has 128 valence electrons. The number of rotatable bonds is 3. The first-order valence-electron chi connectivity index (χ1n) is 8.63. The second kappa shape index (κ2) is 6.37. The smallest absolute Gasteiger partial charge is 0.336 e. The van der Waals surface area contributed by atoms with Gasteiger partial charge in [0, 0.05) is 24.5 Å². The second-order valence-corrected chi connectivity index (χ2v) is 6.61. The van der Waals surface area contributed by atoms with Gasteiger partial charge >= 0.3 is 5.63 Å². The lowest BCUT2D eigenvalue weighted by Gasteiger charge is -2.29. The molecule has 0 saturated carbocycles. The number of aryl methyl sites for hydroxylation is 2. The van der Waals surface area contributed by atoms with Gasteiger partial charge in [-0.3, -0.25) is 4.90 Å². The van der Waals surface area contributed by atoms with E-state index >= 15 is 0 Å². The number of ether oxygens (including phenoxy) is 1. The van der Waals surface area contributed by atoms with Crippen LogP contribution in [0.1, 0.15) is 29.2 Å². The third-order valence-corrected chi connectivity index (χ3v) is 4.75. The fourth-order valence-corrected chi connectivity index (χ4v) is 3.39. The van der Waals surface area contributed by atoms with E-state index in [0.29, 0.717) is 18.9 Å². The molecule has 2 aromatic carbocycles. The zero-order chi connectivity index (χ0) is 17.4. The fourth-order valence-electron chi connectivity index (χ4n) is 3.39. The van der Waals surface area contributed by atoms with Gasteiger partial charge in [0.05, 0.1) is 5.56 Å². The Bertz CT molecular complexity index is 973. The Morgan fingerprint density at radius 1 is 1.12 bits per heavy atom. The van der Waals surface area contributed by atoms with E-state index in [-0.39, 0.29) is 5.63 Å². The van der Waals surface area contributed by atoms with Crippen LogP contribution in [0.2, 0.25) is 0 Å². The lowest BCUT2D eigenvalue weighted by Crippen LogP contribution is -2.31. The van der Waals surface area contributed by atoms with Crippen LogP contribution < -0.4 is 10.4 Å². The summed E-state index contributed by atoms with van der Waals surface area (Å²) in [6.45, 7) is 6.17. The minimum atomic E-state index is -0.298. The molecule has 1 aliphatic rings. The first kappa shape index (κ1) is 15.9. The van der Waals surface area contributed by atoms with Crippen LogP contribution >= 0.6 is 0 Å². The molecular formula is C21H21NO3. The highest BCUT2D eigenvalue weighted by atomic mass is 16.5. The van der Waals surface area contributed by atoms with Gasteiger partial charge in [-0.05, 0) is 36.6 Å². The molecule has 0 N–H and O–H groups in total. The largest absolute Gasteiger partial charge is 0.478 e. The van der Waals surface area contributed by atoms with E-state index in [1.807, 2.05) is 19.1 Å². The summed E-state index contributed by atoms with van der Waals surface area (Å²) in [5.41, 5.74) is 4.84. The van der Waals surface area contributed by atoms with Crippen LogP contribution in [-0.4, -0.2) is 11.6 Å². The minimum Gasteiger partial charge on any atom is -0.478 e. The van der Waals surface area contributed by atoms with Crippen molar-refractivity contribution >= 4 is 11.0 Å². The van der Waals surface area contributed by atoms with E-state index in [1.54, 1.807) is 6.07 Å². The summed E-state index contributed by atoms with van der Waals surface area (Å²) < 4.78 is 11.5. The normalized spacial score (nSPS) is 14.3. The fraction of sp³-hybridized carbons (Fsp3) is 0.286. The first-order chi connectivity index (χ1) is 12.1. The van der Waals surface area contributed by atoms with E-state index in [2.05, 4.69) is 36.1 Å². The van der Waals surface area contributed by atoms with Crippen molar-refractivity contribution in [3.8, 4) is 5.75 Å². The Labute approximate surface area is 146 Å². The molecular weight excluding hydrogens is 314 g/mol. The molecule has 4 heteroatoms. The van der Waals surface area contributed by atoms with Crippen LogP contribution in [0.4, 0.5) is 0 Å². The summed E-state index contributed by atoms with van der Waals surface area (Å²) in [6.07, 6.45) is 0.800. The van der Waals surface area contributed by atoms with Gasteiger partial charge < -0.3 is 9.15 Å². The second-order valence-electron chi connectivity index (χ2n) is 6.61. The maximum Gasteiger partial charge on any atom is 0.336 e. The molecule has 0 spiro atoms. The summed E-state index contributed by atoms with van der Waals surface area (Å²) >= 11 is 0. The summed E-state index contributed by atoms with van der Waals surface area (Å²) in [5.74, 6) is 0.809. The summed E-state index contributed by atoms with van der Waals surface area (Å²) in [4.78, 5) is 14.1. The average Bonchev–Trinajstić information content (AvgIpc) is 2.63. The maximum atomic E-state index is 11.9. The molecule has 0 atom stereocenters. The van der Waals surface area contributed by atoms with Crippen molar-refractivity contribution in [1.29, 1.82) is 0 Å². The van der Waals surface area contributed by atoms with Crippen molar-refractivity contribution in [1.82, 2.24) is 4.90 Å². The first-order valence-corrected chi connectivity index (χ1v) is 8.63. The van der Waals surface area contributed by atoms with Gasteiger partial charge in [-0.25, -0.2) is 4.79 Å². The van der Waals surface area contributed by atoms with Gasteiger partial charge in [-0.15, -0.1) is 0 Å². The Kier molecular flexibility index (Phi) is 4.06. The molecule has 0 aliphatic carbocycles. The van der Waals surface area contributed by atoms with Crippen LogP contribution in [0.3, 0.4) is 0 Å². The summed E-state index contributed by atoms with van der Waals surface area (Å²) in [6, 6.07) is 14.1. The topological polar surface area (TPSA) is 42.7 Å². The number of hydrogen-bond acceptors (Lipinski definition) is 4. The number of fused-ring (bicyclic) bond motifs is 3. The predicted octanol–water partition coefficient (Wildman–Crippen LogP) is 4.02. The molecule has 3 aromatic rings. The van der Waals surface area contributed by atoms with Gasteiger partial charge in [0.2, 0.25) is 0 Å². The monoisotopic (exact) mass is 335 g/mol. The molecule has 0 amide bonds. The minimum absolute atomic E-state index is 0.298. The van der Waals surface area contributed by atoms with Crippen LogP contribution in [-0.2, 0) is 19.5 Å². The van der Waals surface area contributed by atoms with E-state index < -0.39 is 0 Å². The zero-order valence-corrected chi connectivity index (χ0v) is 14.5. The van der Waals surface area contributed by atoms with Gasteiger partial charge in [-0.1, -0.05) is 36.8 Å². The van der Waals surface area contributed by atoms with Crippen LogP contribution in [0.25, 0.3) is 11.0 Å². The highest BCUT2D eigenvalue weighted by Crippen LogP contribution is 2.33. The standard InChI is InChI=1S/C21H21NO3/c1-3-16-10-20(23)25-21-17(16)8-9-19-18(21)12-22(13-24-19)11-15-6-4-14(2)5-7-15/h4-10H,3,11-13H2,1-2H3. The highest BCUT2D eigenvalue weighted by molar-refractivity contribution is 5.85. The quantitative estimate of drug-likeness (QED) is 0.678. The Morgan fingerprint density at radius 3 is 2.68 bits per heavy atom. The number of nitrogens with zero attached hydrogens (tertiary/aromatic N) is 1. The summed E-state index contributed by atoms with van der Waals surface area (Å²) in [5, 5.41) is 1.00. The lowest BCUT2D eigenvalue weighted by atomic mass is 10.0.